The average Bonchev–Trinajstić information content (AvgIpc) is 2.73. The zero-order valence-electron chi connectivity index (χ0n) is 10.9. The van der Waals surface area contributed by atoms with Crippen LogP contribution in [0.1, 0.15) is 18.4 Å². The molecule has 0 bridgehead atoms. The first-order valence-corrected chi connectivity index (χ1v) is 5.96. The first kappa shape index (κ1) is 13.0. The van der Waals surface area contributed by atoms with E-state index in [0.29, 0.717) is 13.1 Å². The van der Waals surface area contributed by atoms with Crippen molar-refractivity contribution in [3.8, 4) is 0 Å². The molecule has 2 heterocycles. The second kappa shape index (κ2) is 5.49. The first-order valence-electron chi connectivity index (χ1n) is 5.96. The largest absolute Gasteiger partial charge is 0.467 e. The van der Waals surface area contributed by atoms with Crippen LogP contribution in [0.15, 0.2) is 10.6 Å². The van der Waals surface area contributed by atoms with Gasteiger partial charge in [-0.1, -0.05) is 5.16 Å². The fourth-order valence-electron chi connectivity index (χ4n) is 2.15. The Morgan fingerprint density at radius 2 is 2.39 bits per heavy atom. The molecular formula is C12H18N2O4. The molecule has 6 heteroatoms. The van der Waals surface area contributed by atoms with Crippen LogP contribution >= 0.6 is 0 Å². The molecule has 18 heavy (non-hydrogen) atoms. The van der Waals surface area contributed by atoms with Crippen LogP contribution in [0.4, 0.5) is 0 Å². The number of esters is 1. The Labute approximate surface area is 106 Å². The lowest BCUT2D eigenvalue weighted by atomic mass is 10.2. The number of nitrogens with zero attached hydrogens (tertiary/aromatic N) is 2. The first-order chi connectivity index (χ1) is 8.58. The fraction of sp³-hybridized carbons (Fsp3) is 0.667. The molecule has 0 aromatic carbocycles. The molecule has 0 unspecified atom stereocenters. The molecular weight excluding hydrogens is 236 g/mol. The lowest BCUT2D eigenvalue weighted by Crippen LogP contribution is -2.49. The van der Waals surface area contributed by atoms with Crippen molar-refractivity contribution >= 4 is 5.97 Å². The third kappa shape index (κ3) is 3.08. The van der Waals surface area contributed by atoms with E-state index in [4.69, 9.17) is 14.0 Å². The number of morpholine rings is 1. The predicted octanol–water partition coefficient (Wildman–Crippen LogP) is 0.745. The zero-order chi connectivity index (χ0) is 13.1. The third-order valence-electron chi connectivity index (χ3n) is 2.86. The van der Waals surface area contributed by atoms with Gasteiger partial charge in [0.05, 0.1) is 18.9 Å². The molecule has 0 saturated carbocycles. The third-order valence-corrected chi connectivity index (χ3v) is 2.86. The molecule has 0 amide bonds. The predicted molar refractivity (Wildman–Crippen MR) is 62.9 cm³/mol. The SMILES string of the molecule is COC(=O)[C@H]1CN(Cc2cc(C)on2)C[C@@H](C)O1. The van der Waals surface area contributed by atoms with E-state index in [1.807, 2.05) is 19.9 Å². The van der Waals surface area contributed by atoms with Crippen molar-refractivity contribution in [2.75, 3.05) is 20.2 Å². The van der Waals surface area contributed by atoms with E-state index >= 15 is 0 Å². The van der Waals surface area contributed by atoms with Crippen LogP contribution < -0.4 is 0 Å². The summed E-state index contributed by atoms with van der Waals surface area (Å²) in [5.41, 5.74) is 0.866. The molecule has 2 rings (SSSR count). The van der Waals surface area contributed by atoms with Crippen LogP contribution in [0.5, 0.6) is 0 Å². The van der Waals surface area contributed by atoms with Gasteiger partial charge in [-0.3, -0.25) is 4.90 Å². The minimum atomic E-state index is -0.522. The summed E-state index contributed by atoms with van der Waals surface area (Å²) < 4.78 is 15.3. The summed E-state index contributed by atoms with van der Waals surface area (Å²) in [6.45, 7) is 5.73. The number of carbonyl (C=O) groups is 1. The molecule has 1 fully saturated rings. The monoisotopic (exact) mass is 254 g/mol. The number of carbonyl (C=O) groups excluding carboxylic acids is 1. The van der Waals surface area contributed by atoms with Gasteiger partial charge in [-0.05, 0) is 13.8 Å². The van der Waals surface area contributed by atoms with Crippen molar-refractivity contribution < 1.29 is 18.8 Å². The highest BCUT2D eigenvalue weighted by Crippen LogP contribution is 2.15. The molecule has 100 valence electrons. The highest BCUT2D eigenvalue weighted by atomic mass is 16.6. The summed E-state index contributed by atoms with van der Waals surface area (Å²) in [6, 6.07) is 1.90. The van der Waals surface area contributed by atoms with Crippen molar-refractivity contribution in [1.82, 2.24) is 10.1 Å². The lowest BCUT2D eigenvalue weighted by molar-refractivity contribution is -0.166. The van der Waals surface area contributed by atoms with E-state index in [1.54, 1.807) is 0 Å². The minimum Gasteiger partial charge on any atom is -0.467 e. The Morgan fingerprint density at radius 3 is 3.00 bits per heavy atom. The molecule has 1 aromatic heterocycles. The quantitative estimate of drug-likeness (QED) is 0.741. The summed E-state index contributed by atoms with van der Waals surface area (Å²) in [5.74, 6) is 0.457. The van der Waals surface area contributed by atoms with Gasteiger partial charge in [-0.25, -0.2) is 4.79 Å². The highest BCUT2D eigenvalue weighted by molar-refractivity contribution is 5.74. The molecule has 0 N–H and O–H groups in total. The Bertz CT molecular complexity index is 418. The van der Waals surface area contributed by atoms with E-state index in [-0.39, 0.29) is 12.1 Å². The van der Waals surface area contributed by atoms with E-state index in [1.165, 1.54) is 7.11 Å². The number of aryl methyl sites for hydroxylation is 1. The molecule has 6 nitrogen and oxygen atoms in total. The normalized spacial score (nSPS) is 25.1. The fourth-order valence-corrected chi connectivity index (χ4v) is 2.15. The number of hydrogen-bond donors (Lipinski definition) is 0. The van der Waals surface area contributed by atoms with Gasteiger partial charge in [-0.2, -0.15) is 0 Å². The minimum absolute atomic E-state index is 0.00384. The van der Waals surface area contributed by atoms with Crippen molar-refractivity contribution in [3.63, 3.8) is 0 Å². The van der Waals surface area contributed by atoms with Gasteiger partial charge in [0.2, 0.25) is 0 Å². The standard InChI is InChI=1S/C12H18N2O4/c1-8-4-10(13-18-8)6-14-5-9(2)17-11(7-14)12(15)16-3/h4,9,11H,5-7H2,1-3H3/t9-,11-/m1/s1. The molecule has 1 aliphatic heterocycles. The number of methoxy groups -OCH3 is 1. The summed E-state index contributed by atoms with van der Waals surface area (Å²) in [7, 11) is 1.37. The van der Waals surface area contributed by atoms with Crippen molar-refractivity contribution in [2.24, 2.45) is 0 Å². The number of ether oxygens (including phenoxy) is 2. The van der Waals surface area contributed by atoms with E-state index in [2.05, 4.69) is 10.1 Å². The molecule has 2 atom stereocenters. The van der Waals surface area contributed by atoms with Crippen molar-refractivity contribution in [3.05, 3.63) is 17.5 Å². The lowest BCUT2D eigenvalue weighted by Gasteiger charge is -2.34. The summed E-state index contributed by atoms with van der Waals surface area (Å²) in [6.07, 6.45) is -0.525. The maximum absolute atomic E-state index is 11.5. The summed E-state index contributed by atoms with van der Waals surface area (Å²) >= 11 is 0. The summed E-state index contributed by atoms with van der Waals surface area (Å²) in [4.78, 5) is 13.6. The maximum Gasteiger partial charge on any atom is 0.336 e. The Kier molecular flexibility index (Phi) is 3.98. The average molecular weight is 254 g/mol. The van der Waals surface area contributed by atoms with Gasteiger partial charge in [0, 0.05) is 25.7 Å². The molecule has 1 aliphatic rings. The molecule has 0 spiro atoms. The van der Waals surface area contributed by atoms with Gasteiger partial charge < -0.3 is 14.0 Å². The Hall–Kier alpha value is -1.40. The van der Waals surface area contributed by atoms with Crippen LogP contribution in [0.2, 0.25) is 0 Å². The van der Waals surface area contributed by atoms with E-state index in [9.17, 15) is 4.79 Å². The highest BCUT2D eigenvalue weighted by Gasteiger charge is 2.31. The van der Waals surface area contributed by atoms with Crippen molar-refractivity contribution in [2.45, 2.75) is 32.6 Å². The van der Waals surface area contributed by atoms with Gasteiger partial charge >= 0.3 is 5.97 Å². The van der Waals surface area contributed by atoms with Crippen LogP contribution in [-0.2, 0) is 20.8 Å². The van der Waals surface area contributed by atoms with E-state index in [0.717, 1.165) is 18.0 Å². The second-order valence-electron chi connectivity index (χ2n) is 4.58. The maximum atomic E-state index is 11.5. The van der Waals surface area contributed by atoms with Gasteiger partial charge in [0.15, 0.2) is 6.10 Å². The zero-order valence-corrected chi connectivity index (χ0v) is 10.9. The van der Waals surface area contributed by atoms with Crippen molar-refractivity contribution in [1.29, 1.82) is 0 Å². The number of aromatic nitrogens is 1. The van der Waals surface area contributed by atoms with Gasteiger partial charge in [-0.15, -0.1) is 0 Å². The van der Waals surface area contributed by atoms with Crippen LogP contribution in [0.25, 0.3) is 0 Å². The van der Waals surface area contributed by atoms with Crippen LogP contribution in [-0.4, -0.2) is 48.4 Å². The summed E-state index contributed by atoms with van der Waals surface area (Å²) in [5, 5.41) is 3.95. The number of hydrogen-bond acceptors (Lipinski definition) is 6. The molecule has 1 aromatic rings. The number of rotatable bonds is 3. The topological polar surface area (TPSA) is 64.8 Å². The molecule has 0 aliphatic carbocycles. The Morgan fingerprint density at radius 1 is 1.61 bits per heavy atom. The smallest absolute Gasteiger partial charge is 0.336 e. The van der Waals surface area contributed by atoms with Crippen LogP contribution in [0, 0.1) is 6.92 Å². The van der Waals surface area contributed by atoms with Gasteiger partial charge in [0.1, 0.15) is 5.76 Å². The molecule has 0 radical (unpaired) electrons. The Balaban J connectivity index is 1.98. The van der Waals surface area contributed by atoms with Gasteiger partial charge in [0.25, 0.3) is 0 Å². The second-order valence-corrected chi connectivity index (χ2v) is 4.58. The molecule has 1 saturated heterocycles. The van der Waals surface area contributed by atoms with Crippen LogP contribution in [0.3, 0.4) is 0 Å². The van der Waals surface area contributed by atoms with E-state index < -0.39 is 6.10 Å².